The van der Waals surface area contributed by atoms with Gasteiger partial charge in [-0.25, -0.2) is 4.79 Å². The fraction of sp³-hybridized carbons (Fsp3) is 0.348. The van der Waals surface area contributed by atoms with Crippen LogP contribution in [0.1, 0.15) is 43.0 Å². The number of anilines is 1. The summed E-state index contributed by atoms with van der Waals surface area (Å²) in [6.07, 6.45) is 3.13. The van der Waals surface area contributed by atoms with E-state index < -0.39 is 0 Å². The molecule has 2 N–H and O–H groups in total. The molecule has 0 aliphatic heterocycles. The average Bonchev–Trinajstić information content (AvgIpc) is 3.52. The third kappa shape index (κ3) is 4.30. The molecule has 7 heteroatoms. The van der Waals surface area contributed by atoms with Crippen molar-refractivity contribution in [1.29, 1.82) is 0 Å². The van der Waals surface area contributed by atoms with E-state index in [0.29, 0.717) is 30.4 Å². The Hall–Kier alpha value is -3.35. The van der Waals surface area contributed by atoms with E-state index in [0.717, 1.165) is 30.3 Å². The number of para-hydroxylation sites is 2. The van der Waals surface area contributed by atoms with Crippen LogP contribution in [0.3, 0.4) is 0 Å². The molecule has 1 aliphatic rings. The molecule has 0 atom stereocenters. The summed E-state index contributed by atoms with van der Waals surface area (Å²) in [5.41, 5.74) is 2.86. The van der Waals surface area contributed by atoms with Gasteiger partial charge in [-0.2, -0.15) is 0 Å². The minimum atomic E-state index is -0.176. The highest BCUT2D eigenvalue weighted by molar-refractivity contribution is 5.96. The van der Waals surface area contributed by atoms with E-state index >= 15 is 0 Å². The van der Waals surface area contributed by atoms with Gasteiger partial charge in [-0.15, -0.1) is 0 Å². The van der Waals surface area contributed by atoms with E-state index in [2.05, 4.69) is 10.6 Å². The van der Waals surface area contributed by atoms with E-state index in [4.69, 9.17) is 0 Å². The maximum Gasteiger partial charge on any atom is 0.329 e. The number of nitrogens with zero attached hydrogens (tertiary/aromatic N) is 2. The Kier molecular flexibility index (Phi) is 5.70. The van der Waals surface area contributed by atoms with Gasteiger partial charge in [0.2, 0.25) is 5.91 Å². The molecule has 2 amide bonds. The van der Waals surface area contributed by atoms with Gasteiger partial charge in [0, 0.05) is 36.8 Å². The summed E-state index contributed by atoms with van der Waals surface area (Å²) in [5.74, 6) is -0.261. The fourth-order valence-corrected chi connectivity index (χ4v) is 3.57. The van der Waals surface area contributed by atoms with Crippen LogP contribution >= 0.6 is 0 Å². The molecule has 0 spiro atoms. The third-order valence-corrected chi connectivity index (χ3v) is 5.28. The molecule has 1 aliphatic carbocycles. The number of carbonyl (C=O) groups excluding carboxylic acids is 2. The summed E-state index contributed by atoms with van der Waals surface area (Å²) < 4.78 is 3.43. The lowest BCUT2D eigenvalue weighted by Gasteiger charge is -2.08. The van der Waals surface area contributed by atoms with Gasteiger partial charge in [0.1, 0.15) is 0 Å². The van der Waals surface area contributed by atoms with E-state index in [9.17, 15) is 14.4 Å². The topological polar surface area (TPSA) is 85.1 Å². The van der Waals surface area contributed by atoms with Gasteiger partial charge < -0.3 is 10.6 Å². The molecule has 156 valence electrons. The van der Waals surface area contributed by atoms with Crippen LogP contribution in [0.15, 0.2) is 53.3 Å². The largest absolute Gasteiger partial charge is 0.349 e. The zero-order chi connectivity index (χ0) is 21.1. The number of aromatic nitrogens is 2. The number of fused-ring (bicyclic) bond motifs is 1. The number of amides is 2. The number of rotatable bonds is 8. The Morgan fingerprint density at radius 3 is 2.20 bits per heavy atom. The normalized spacial score (nSPS) is 13.4. The first-order valence-electron chi connectivity index (χ1n) is 10.5. The molecule has 0 bridgehead atoms. The lowest BCUT2D eigenvalue weighted by Crippen LogP contribution is -2.26. The van der Waals surface area contributed by atoms with Crippen molar-refractivity contribution in [3.8, 4) is 0 Å². The van der Waals surface area contributed by atoms with Crippen molar-refractivity contribution in [2.45, 2.75) is 51.7 Å². The molecule has 2 aromatic carbocycles. The quantitative estimate of drug-likeness (QED) is 0.603. The molecule has 1 fully saturated rings. The van der Waals surface area contributed by atoms with Crippen molar-refractivity contribution >= 4 is 28.5 Å². The first kappa shape index (κ1) is 19.9. The van der Waals surface area contributed by atoms with Crippen LogP contribution < -0.4 is 16.3 Å². The van der Waals surface area contributed by atoms with Gasteiger partial charge >= 0.3 is 5.69 Å². The summed E-state index contributed by atoms with van der Waals surface area (Å²) in [6.45, 7) is 3.00. The van der Waals surface area contributed by atoms with Crippen molar-refractivity contribution in [3.05, 3.63) is 64.6 Å². The molecule has 0 unspecified atom stereocenters. The number of nitrogens with one attached hydrogen (secondary N) is 2. The molecule has 0 radical (unpaired) electrons. The fourth-order valence-electron chi connectivity index (χ4n) is 3.57. The lowest BCUT2D eigenvalue weighted by atomic mass is 10.2. The van der Waals surface area contributed by atoms with Crippen LogP contribution in [0.2, 0.25) is 0 Å². The molecule has 7 nitrogen and oxygen atoms in total. The zero-order valence-corrected chi connectivity index (χ0v) is 17.1. The maximum absolute atomic E-state index is 12.8. The Labute approximate surface area is 174 Å². The van der Waals surface area contributed by atoms with Gasteiger partial charge in [-0.1, -0.05) is 19.1 Å². The molecule has 1 saturated carbocycles. The van der Waals surface area contributed by atoms with Crippen molar-refractivity contribution in [3.63, 3.8) is 0 Å². The first-order chi connectivity index (χ1) is 14.6. The summed E-state index contributed by atoms with van der Waals surface area (Å²) in [4.78, 5) is 37.3. The van der Waals surface area contributed by atoms with Gasteiger partial charge in [-0.05, 0) is 55.7 Å². The number of aryl methyl sites for hydroxylation is 2. The summed E-state index contributed by atoms with van der Waals surface area (Å²) in [7, 11) is 0. The second-order valence-electron chi connectivity index (χ2n) is 7.70. The van der Waals surface area contributed by atoms with Gasteiger partial charge in [-0.3, -0.25) is 18.7 Å². The van der Waals surface area contributed by atoms with Crippen LogP contribution in [0, 0.1) is 0 Å². The molecule has 3 aromatic rings. The van der Waals surface area contributed by atoms with E-state index in [1.807, 2.05) is 31.2 Å². The minimum Gasteiger partial charge on any atom is -0.349 e. The van der Waals surface area contributed by atoms with Crippen molar-refractivity contribution in [2.24, 2.45) is 0 Å². The van der Waals surface area contributed by atoms with Gasteiger partial charge in [0.15, 0.2) is 0 Å². The highest BCUT2D eigenvalue weighted by Gasteiger charge is 2.23. The predicted molar refractivity (Wildman–Crippen MR) is 117 cm³/mol. The molecule has 4 rings (SSSR count). The number of carbonyl (C=O) groups is 2. The molecule has 1 heterocycles. The summed E-state index contributed by atoms with van der Waals surface area (Å²) >= 11 is 0. The summed E-state index contributed by atoms with van der Waals surface area (Å²) in [6, 6.07) is 14.8. The number of hydrogen-bond donors (Lipinski definition) is 2. The SMILES string of the molecule is CCCn1c(=O)n(CCC(=O)Nc2ccc(C(=O)NC3CC3)cc2)c2ccccc21. The predicted octanol–water partition coefficient (Wildman–Crippen LogP) is 3.13. The van der Waals surface area contributed by atoms with Gasteiger partial charge in [0.05, 0.1) is 11.0 Å². The zero-order valence-electron chi connectivity index (χ0n) is 17.1. The van der Waals surface area contributed by atoms with Crippen LogP contribution in [0.5, 0.6) is 0 Å². The van der Waals surface area contributed by atoms with Gasteiger partial charge in [0.25, 0.3) is 5.91 Å². The molecular weight excluding hydrogens is 380 g/mol. The Bertz CT molecular complexity index is 1120. The van der Waals surface area contributed by atoms with Crippen LogP contribution in [-0.2, 0) is 17.9 Å². The second-order valence-corrected chi connectivity index (χ2v) is 7.70. The highest BCUT2D eigenvalue weighted by atomic mass is 16.2. The maximum atomic E-state index is 12.8. The van der Waals surface area contributed by atoms with E-state index in [1.165, 1.54) is 0 Å². The number of hydrogen-bond acceptors (Lipinski definition) is 3. The minimum absolute atomic E-state index is 0.0850. The standard InChI is InChI=1S/C23H26N4O3/c1-2-14-26-19-5-3-4-6-20(19)27(23(26)30)15-13-21(28)24-17-9-7-16(8-10-17)22(29)25-18-11-12-18/h3-10,18H,2,11-15H2,1H3,(H,24,28)(H,25,29). The van der Waals surface area contributed by atoms with E-state index in [-0.39, 0.29) is 23.9 Å². The van der Waals surface area contributed by atoms with Crippen LogP contribution in [0.25, 0.3) is 11.0 Å². The van der Waals surface area contributed by atoms with Crippen molar-refractivity contribution in [2.75, 3.05) is 5.32 Å². The Morgan fingerprint density at radius 2 is 1.60 bits per heavy atom. The highest BCUT2D eigenvalue weighted by Crippen LogP contribution is 2.20. The Balaban J connectivity index is 1.40. The third-order valence-electron chi connectivity index (χ3n) is 5.28. The molecule has 30 heavy (non-hydrogen) atoms. The smallest absolute Gasteiger partial charge is 0.329 e. The van der Waals surface area contributed by atoms with Crippen LogP contribution in [-0.4, -0.2) is 27.0 Å². The molecular formula is C23H26N4O3. The monoisotopic (exact) mass is 406 g/mol. The summed E-state index contributed by atoms with van der Waals surface area (Å²) in [5, 5.41) is 5.78. The van der Waals surface area contributed by atoms with Crippen LogP contribution in [0.4, 0.5) is 5.69 Å². The molecule has 0 saturated heterocycles. The van der Waals surface area contributed by atoms with Crippen molar-refractivity contribution < 1.29 is 9.59 Å². The second kappa shape index (κ2) is 8.57. The average molecular weight is 406 g/mol. The first-order valence-corrected chi connectivity index (χ1v) is 10.5. The number of imidazole rings is 1. The Morgan fingerprint density at radius 1 is 0.967 bits per heavy atom. The number of benzene rings is 2. The van der Waals surface area contributed by atoms with E-state index in [1.54, 1.807) is 33.4 Å². The molecule has 1 aromatic heterocycles. The van der Waals surface area contributed by atoms with Crippen molar-refractivity contribution in [1.82, 2.24) is 14.5 Å². The lowest BCUT2D eigenvalue weighted by molar-refractivity contribution is -0.116.